The third kappa shape index (κ3) is 0.598. The van der Waals surface area contributed by atoms with Crippen molar-refractivity contribution in [3.8, 4) is 11.3 Å². The van der Waals surface area contributed by atoms with Crippen LogP contribution in [0, 0.1) is 0 Å². The summed E-state index contributed by atoms with van der Waals surface area (Å²) in [5.41, 5.74) is 2.21. The fourth-order valence-electron chi connectivity index (χ4n) is 0.884. The van der Waals surface area contributed by atoms with Crippen LogP contribution < -0.4 is 0 Å². The molecule has 0 aromatic heterocycles. The molecular weight excluding hydrogens is 112 g/mol. The van der Waals surface area contributed by atoms with Gasteiger partial charge in [0.25, 0.3) is 0 Å². The number of nitrogens with zero attached hydrogens (tertiary/aromatic N) is 1. The first kappa shape index (κ1) is 4.56. The molecule has 0 unspecified atom stereocenters. The summed E-state index contributed by atoms with van der Waals surface area (Å²) in [6.45, 7) is 0. The quantitative estimate of drug-likeness (QED) is 0.558. The zero-order chi connectivity index (χ0) is 6.10. The Kier molecular flexibility index (Phi) is 0.803. The highest BCUT2D eigenvalue weighted by atomic mass is 14.7. The Morgan fingerprint density at radius 3 is 3.22 bits per heavy atom. The van der Waals surface area contributed by atoms with Crippen LogP contribution in [0.4, 0.5) is 0 Å². The number of nitrogens with one attached hydrogen (secondary N) is 1. The van der Waals surface area contributed by atoms with Gasteiger partial charge < -0.3 is 4.98 Å². The van der Waals surface area contributed by atoms with Crippen molar-refractivity contribution in [1.29, 1.82) is 0 Å². The molecular formula is C7H6N2. The van der Waals surface area contributed by atoms with Crippen molar-refractivity contribution in [2.45, 2.75) is 0 Å². The van der Waals surface area contributed by atoms with Gasteiger partial charge in [-0.3, -0.25) is 4.98 Å². The number of H-pyrrole nitrogens is 1. The van der Waals surface area contributed by atoms with E-state index in [4.69, 9.17) is 0 Å². The molecule has 2 nitrogen and oxygen atoms in total. The van der Waals surface area contributed by atoms with Gasteiger partial charge in [0.2, 0.25) is 0 Å². The normalized spacial score (nSPS) is 10.2. The van der Waals surface area contributed by atoms with Crippen molar-refractivity contribution in [3.05, 3.63) is 30.7 Å². The molecule has 0 radical (unpaired) electrons. The summed E-state index contributed by atoms with van der Waals surface area (Å²) in [7, 11) is 0. The van der Waals surface area contributed by atoms with Gasteiger partial charge in [-0.2, -0.15) is 0 Å². The molecule has 1 N–H and O–H groups in total. The minimum Gasteiger partial charge on any atom is -0.367 e. The van der Waals surface area contributed by atoms with E-state index in [1.165, 1.54) is 0 Å². The fourth-order valence-corrected chi connectivity index (χ4v) is 0.884. The average Bonchev–Trinajstić information content (AvgIpc) is 2.33. The Labute approximate surface area is 52.9 Å². The van der Waals surface area contributed by atoms with E-state index in [-0.39, 0.29) is 0 Å². The standard InChI is InChI=1S/C7H6N2/c1-4-9-7-2-3-8-5-6(1)7/h1-5,8H. The first-order valence-corrected chi connectivity index (χ1v) is 2.84. The summed E-state index contributed by atoms with van der Waals surface area (Å²) in [5, 5.41) is 0. The van der Waals surface area contributed by atoms with Gasteiger partial charge in [-0.05, 0) is 12.1 Å². The summed E-state index contributed by atoms with van der Waals surface area (Å²) in [5.74, 6) is 0. The fraction of sp³-hybridized carbons (Fsp3) is 0. The van der Waals surface area contributed by atoms with Crippen molar-refractivity contribution < 1.29 is 0 Å². The highest BCUT2D eigenvalue weighted by Crippen LogP contribution is 2.15. The van der Waals surface area contributed by atoms with Gasteiger partial charge in [-0.1, -0.05) is 0 Å². The van der Waals surface area contributed by atoms with E-state index < -0.39 is 0 Å². The Bertz CT molecular complexity index is 247. The highest BCUT2D eigenvalue weighted by Gasteiger charge is 1.97. The van der Waals surface area contributed by atoms with Crippen LogP contribution in [-0.4, -0.2) is 9.97 Å². The minimum absolute atomic E-state index is 1.05. The van der Waals surface area contributed by atoms with Crippen LogP contribution in [0.5, 0.6) is 0 Å². The Morgan fingerprint density at radius 2 is 2.33 bits per heavy atom. The van der Waals surface area contributed by atoms with Gasteiger partial charge >= 0.3 is 0 Å². The van der Waals surface area contributed by atoms with Gasteiger partial charge in [0, 0.05) is 24.2 Å². The molecule has 0 aliphatic carbocycles. The molecule has 2 rings (SSSR count). The van der Waals surface area contributed by atoms with Crippen LogP contribution in [0.25, 0.3) is 11.3 Å². The molecule has 2 heteroatoms. The minimum atomic E-state index is 1.05. The third-order valence-corrected chi connectivity index (χ3v) is 1.34. The van der Waals surface area contributed by atoms with E-state index in [1.54, 1.807) is 6.20 Å². The van der Waals surface area contributed by atoms with Crippen LogP contribution in [-0.2, 0) is 0 Å². The van der Waals surface area contributed by atoms with Gasteiger partial charge in [0.15, 0.2) is 0 Å². The largest absolute Gasteiger partial charge is 0.367 e. The second-order valence-corrected chi connectivity index (χ2v) is 1.93. The Hall–Kier alpha value is -1.31. The van der Waals surface area contributed by atoms with E-state index in [1.807, 2.05) is 24.5 Å². The Balaban J connectivity index is 2.79. The van der Waals surface area contributed by atoms with Crippen LogP contribution in [0.15, 0.2) is 30.7 Å². The lowest BCUT2D eigenvalue weighted by molar-refractivity contribution is 1.30. The molecule has 9 heavy (non-hydrogen) atoms. The summed E-state index contributed by atoms with van der Waals surface area (Å²) < 4.78 is 0. The number of rotatable bonds is 0. The maximum Gasteiger partial charge on any atom is 0.0731 e. The molecule has 0 fully saturated rings. The smallest absolute Gasteiger partial charge is 0.0731 e. The van der Waals surface area contributed by atoms with Crippen LogP contribution in [0.3, 0.4) is 0 Å². The summed E-state index contributed by atoms with van der Waals surface area (Å²) in [6, 6.07) is 3.93. The van der Waals surface area contributed by atoms with Crippen molar-refractivity contribution in [2.24, 2.45) is 0 Å². The molecule has 2 heterocycles. The first-order valence-electron chi connectivity index (χ1n) is 2.84. The van der Waals surface area contributed by atoms with Gasteiger partial charge in [0.1, 0.15) is 0 Å². The summed E-state index contributed by atoms with van der Waals surface area (Å²) in [6.07, 6.45) is 5.61. The number of aromatic nitrogens is 2. The lowest BCUT2D eigenvalue weighted by Crippen LogP contribution is -1.75. The predicted octanol–water partition coefficient (Wildman–Crippen LogP) is 1.51. The molecule has 44 valence electrons. The van der Waals surface area contributed by atoms with E-state index in [0.717, 1.165) is 11.3 Å². The predicted molar refractivity (Wildman–Crippen MR) is 35.2 cm³/mol. The molecule has 0 aromatic rings. The SMILES string of the molecule is c1cc2c[nH]ccc-2n1. The topological polar surface area (TPSA) is 28.7 Å². The number of fused-ring (bicyclic) bond motifs is 1. The van der Waals surface area contributed by atoms with Crippen molar-refractivity contribution in [1.82, 2.24) is 9.97 Å². The second-order valence-electron chi connectivity index (χ2n) is 1.93. The molecule has 2 aliphatic rings. The van der Waals surface area contributed by atoms with Crippen LogP contribution in [0.2, 0.25) is 0 Å². The van der Waals surface area contributed by atoms with E-state index in [2.05, 4.69) is 9.97 Å². The van der Waals surface area contributed by atoms with Gasteiger partial charge in [-0.25, -0.2) is 0 Å². The van der Waals surface area contributed by atoms with Gasteiger partial charge in [0.05, 0.1) is 5.69 Å². The number of pyridine rings is 1. The monoisotopic (exact) mass is 118 g/mol. The average molecular weight is 118 g/mol. The van der Waals surface area contributed by atoms with E-state index >= 15 is 0 Å². The molecule has 0 aromatic carbocycles. The highest BCUT2D eigenvalue weighted by molar-refractivity contribution is 5.58. The van der Waals surface area contributed by atoms with Crippen molar-refractivity contribution in [3.63, 3.8) is 0 Å². The van der Waals surface area contributed by atoms with Crippen LogP contribution in [0.1, 0.15) is 0 Å². The maximum atomic E-state index is 4.10. The van der Waals surface area contributed by atoms with Crippen molar-refractivity contribution >= 4 is 0 Å². The lowest BCUT2D eigenvalue weighted by atomic mass is 10.2. The molecule has 0 atom stereocenters. The molecule has 2 aliphatic heterocycles. The summed E-state index contributed by atoms with van der Waals surface area (Å²) >= 11 is 0. The zero-order valence-electron chi connectivity index (χ0n) is 4.83. The molecule has 0 saturated carbocycles. The second kappa shape index (κ2) is 1.58. The Morgan fingerprint density at radius 1 is 1.33 bits per heavy atom. The summed E-state index contributed by atoms with van der Waals surface area (Å²) in [4.78, 5) is 7.08. The van der Waals surface area contributed by atoms with E-state index in [9.17, 15) is 0 Å². The van der Waals surface area contributed by atoms with Gasteiger partial charge in [-0.15, -0.1) is 0 Å². The number of aromatic amines is 1. The molecule has 0 amide bonds. The van der Waals surface area contributed by atoms with Crippen molar-refractivity contribution in [2.75, 3.05) is 0 Å². The first-order chi connectivity index (χ1) is 4.47. The maximum absolute atomic E-state index is 4.10. The third-order valence-electron chi connectivity index (χ3n) is 1.34. The van der Waals surface area contributed by atoms with Crippen LogP contribution >= 0.6 is 0 Å². The number of hydrogen-bond acceptors (Lipinski definition) is 1. The number of hydrogen-bond donors (Lipinski definition) is 1. The molecule has 0 spiro atoms. The molecule has 0 bridgehead atoms. The lowest BCUT2D eigenvalue weighted by Gasteiger charge is -1.91. The van der Waals surface area contributed by atoms with E-state index in [0.29, 0.717) is 0 Å². The molecule has 0 saturated heterocycles. The zero-order valence-corrected chi connectivity index (χ0v) is 4.83.